The Balaban J connectivity index is 2.21. The Morgan fingerprint density at radius 2 is 1.50 bits per heavy atom. The van der Waals surface area contributed by atoms with E-state index in [1.165, 1.54) is 51.4 Å². The maximum absolute atomic E-state index is 6.50. The SMILES string of the molecule is CCO[Si](OCC)(C1CCCCC1)C1CCC(C)(C)C1. The molecule has 0 bridgehead atoms. The van der Waals surface area contributed by atoms with Crippen LogP contribution in [-0.4, -0.2) is 21.8 Å². The van der Waals surface area contributed by atoms with Gasteiger partial charge in [0.05, 0.1) is 0 Å². The second-order valence-electron chi connectivity index (χ2n) is 7.53. The molecule has 2 fully saturated rings. The van der Waals surface area contributed by atoms with Gasteiger partial charge in [-0.2, -0.15) is 0 Å². The van der Waals surface area contributed by atoms with Crippen molar-refractivity contribution in [3.8, 4) is 0 Å². The van der Waals surface area contributed by atoms with Crippen molar-refractivity contribution >= 4 is 8.56 Å². The molecule has 0 aromatic carbocycles. The van der Waals surface area contributed by atoms with E-state index >= 15 is 0 Å². The van der Waals surface area contributed by atoms with Crippen LogP contribution in [0.15, 0.2) is 0 Å². The average Bonchev–Trinajstić information content (AvgIpc) is 2.80. The van der Waals surface area contributed by atoms with Crippen LogP contribution in [0.4, 0.5) is 0 Å². The second kappa shape index (κ2) is 6.93. The summed E-state index contributed by atoms with van der Waals surface area (Å²) in [5, 5.41) is 0. The molecule has 0 spiro atoms. The summed E-state index contributed by atoms with van der Waals surface area (Å²) >= 11 is 0. The molecule has 1 unspecified atom stereocenters. The lowest BCUT2D eigenvalue weighted by molar-refractivity contribution is 0.151. The molecule has 0 aliphatic heterocycles. The molecule has 0 heterocycles. The normalized spacial score (nSPS) is 27.9. The highest BCUT2D eigenvalue weighted by atomic mass is 28.4. The molecule has 2 saturated carbocycles. The van der Waals surface area contributed by atoms with Gasteiger partial charge in [-0.15, -0.1) is 0 Å². The molecule has 3 heteroatoms. The Morgan fingerprint density at radius 3 is 1.95 bits per heavy atom. The molecule has 0 saturated heterocycles. The zero-order valence-corrected chi connectivity index (χ0v) is 15.0. The summed E-state index contributed by atoms with van der Waals surface area (Å²) in [6.45, 7) is 10.8. The second-order valence-corrected chi connectivity index (χ2v) is 11.2. The Hall–Kier alpha value is 0.137. The van der Waals surface area contributed by atoms with Crippen molar-refractivity contribution in [1.29, 1.82) is 0 Å². The molecule has 0 aromatic heterocycles. The molecule has 0 N–H and O–H groups in total. The highest BCUT2D eigenvalue weighted by Crippen LogP contribution is 2.55. The third-order valence-corrected chi connectivity index (χ3v) is 10.3. The van der Waals surface area contributed by atoms with E-state index in [4.69, 9.17) is 8.85 Å². The van der Waals surface area contributed by atoms with E-state index in [1.807, 2.05) is 0 Å². The van der Waals surface area contributed by atoms with E-state index in [0.29, 0.717) is 5.41 Å². The van der Waals surface area contributed by atoms with Gasteiger partial charge in [-0.3, -0.25) is 0 Å². The molecular weight excluding hydrogens is 264 g/mol. The van der Waals surface area contributed by atoms with Crippen molar-refractivity contribution in [1.82, 2.24) is 0 Å². The van der Waals surface area contributed by atoms with Crippen LogP contribution in [0, 0.1) is 5.41 Å². The topological polar surface area (TPSA) is 18.5 Å². The maximum Gasteiger partial charge on any atom is 0.344 e. The number of hydrogen-bond acceptors (Lipinski definition) is 2. The standard InChI is InChI=1S/C17H34O2Si/c1-5-18-20(19-6-2,15-10-8-7-9-11-15)16-12-13-17(3,4)14-16/h15-16H,5-14H2,1-4H3. The lowest BCUT2D eigenvalue weighted by Crippen LogP contribution is -2.51. The summed E-state index contributed by atoms with van der Waals surface area (Å²) in [4.78, 5) is 0. The number of rotatable bonds is 6. The van der Waals surface area contributed by atoms with E-state index in [-0.39, 0.29) is 0 Å². The van der Waals surface area contributed by atoms with Crippen LogP contribution in [0.25, 0.3) is 0 Å². The largest absolute Gasteiger partial charge is 0.394 e. The first kappa shape index (κ1) is 16.5. The fraction of sp³-hybridized carbons (Fsp3) is 1.00. The Morgan fingerprint density at radius 1 is 0.900 bits per heavy atom. The minimum absolute atomic E-state index is 0.492. The molecule has 118 valence electrons. The molecule has 0 aromatic rings. The van der Waals surface area contributed by atoms with Crippen LogP contribution in [0.1, 0.15) is 79.1 Å². The number of hydrogen-bond donors (Lipinski definition) is 0. The molecule has 2 nitrogen and oxygen atoms in total. The van der Waals surface area contributed by atoms with E-state index in [1.54, 1.807) is 0 Å². The van der Waals surface area contributed by atoms with Crippen LogP contribution in [-0.2, 0) is 8.85 Å². The predicted octanol–water partition coefficient (Wildman–Crippen LogP) is 5.42. The molecule has 0 amide bonds. The lowest BCUT2D eigenvalue weighted by atomic mass is 9.92. The zero-order chi connectivity index (χ0) is 14.6. The van der Waals surface area contributed by atoms with Crippen molar-refractivity contribution < 1.29 is 8.85 Å². The van der Waals surface area contributed by atoms with Gasteiger partial charge in [0.1, 0.15) is 0 Å². The van der Waals surface area contributed by atoms with Gasteiger partial charge in [0.2, 0.25) is 0 Å². The van der Waals surface area contributed by atoms with Gasteiger partial charge in [0.15, 0.2) is 0 Å². The Kier molecular flexibility index (Phi) is 5.72. The average molecular weight is 299 g/mol. The Labute approximate surface area is 126 Å². The summed E-state index contributed by atoms with van der Waals surface area (Å²) in [5.41, 5.74) is 1.96. The van der Waals surface area contributed by atoms with Crippen LogP contribution in [0.3, 0.4) is 0 Å². The summed E-state index contributed by atoms with van der Waals surface area (Å²) in [6.07, 6.45) is 10.9. The van der Waals surface area contributed by atoms with E-state index in [9.17, 15) is 0 Å². The van der Waals surface area contributed by atoms with Gasteiger partial charge in [-0.1, -0.05) is 33.1 Å². The van der Waals surface area contributed by atoms with Gasteiger partial charge in [0.25, 0.3) is 0 Å². The quantitative estimate of drug-likeness (QED) is 0.610. The lowest BCUT2D eigenvalue weighted by Gasteiger charge is -2.43. The van der Waals surface area contributed by atoms with Crippen molar-refractivity contribution in [2.45, 2.75) is 90.1 Å². The smallest absolute Gasteiger partial charge is 0.344 e. The maximum atomic E-state index is 6.50. The van der Waals surface area contributed by atoms with Crippen LogP contribution < -0.4 is 0 Å². The van der Waals surface area contributed by atoms with Crippen molar-refractivity contribution in [2.24, 2.45) is 5.41 Å². The van der Waals surface area contributed by atoms with Gasteiger partial charge in [0, 0.05) is 24.3 Å². The van der Waals surface area contributed by atoms with Crippen LogP contribution >= 0.6 is 0 Å². The van der Waals surface area contributed by atoms with Gasteiger partial charge in [-0.05, 0) is 51.4 Å². The van der Waals surface area contributed by atoms with Gasteiger partial charge >= 0.3 is 8.56 Å². The zero-order valence-electron chi connectivity index (χ0n) is 14.0. The third-order valence-electron chi connectivity index (χ3n) is 5.45. The van der Waals surface area contributed by atoms with Crippen molar-refractivity contribution in [2.75, 3.05) is 13.2 Å². The van der Waals surface area contributed by atoms with E-state index < -0.39 is 8.56 Å². The van der Waals surface area contributed by atoms with Crippen molar-refractivity contribution in [3.05, 3.63) is 0 Å². The summed E-state index contributed by atoms with van der Waals surface area (Å²) in [7, 11) is -2.05. The van der Waals surface area contributed by atoms with Gasteiger partial charge in [-0.25, -0.2) is 0 Å². The summed E-state index contributed by atoms with van der Waals surface area (Å²) in [6, 6.07) is 0. The molecular formula is C17H34O2Si. The van der Waals surface area contributed by atoms with Crippen molar-refractivity contribution in [3.63, 3.8) is 0 Å². The van der Waals surface area contributed by atoms with Crippen LogP contribution in [0.5, 0.6) is 0 Å². The fourth-order valence-electron chi connectivity index (χ4n) is 4.58. The molecule has 2 aliphatic rings. The van der Waals surface area contributed by atoms with Gasteiger partial charge < -0.3 is 8.85 Å². The highest BCUT2D eigenvalue weighted by Gasteiger charge is 2.55. The van der Waals surface area contributed by atoms with E-state index in [2.05, 4.69) is 27.7 Å². The fourth-order valence-corrected chi connectivity index (χ4v) is 9.77. The summed E-state index contributed by atoms with van der Waals surface area (Å²) < 4.78 is 13.0. The first-order chi connectivity index (χ1) is 9.54. The summed E-state index contributed by atoms with van der Waals surface area (Å²) in [5.74, 6) is 0. The van der Waals surface area contributed by atoms with E-state index in [0.717, 1.165) is 24.3 Å². The first-order valence-electron chi connectivity index (χ1n) is 8.82. The molecule has 2 aliphatic carbocycles. The Bertz CT molecular complexity index is 291. The molecule has 2 rings (SSSR count). The minimum Gasteiger partial charge on any atom is -0.394 e. The minimum atomic E-state index is -2.05. The van der Waals surface area contributed by atoms with Crippen LogP contribution in [0.2, 0.25) is 11.1 Å². The highest BCUT2D eigenvalue weighted by molar-refractivity contribution is 6.70. The molecule has 20 heavy (non-hydrogen) atoms. The third kappa shape index (κ3) is 3.48. The molecule has 1 atom stereocenters. The first-order valence-corrected chi connectivity index (χ1v) is 10.8. The monoisotopic (exact) mass is 298 g/mol. The predicted molar refractivity (Wildman–Crippen MR) is 87.2 cm³/mol. The molecule has 0 radical (unpaired) electrons.